The summed E-state index contributed by atoms with van der Waals surface area (Å²) in [5.41, 5.74) is 0. The minimum absolute atomic E-state index is 0.144. The Hall–Kier alpha value is -0.590. The Morgan fingerprint density at radius 3 is 2.64 bits per heavy atom. The van der Waals surface area contributed by atoms with Crippen molar-refractivity contribution >= 4 is 0 Å². The van der Waals surface area contributed by atoms with Crippen LogP contribution in [0.4, 0.5) is 0 Å². The number of hydrogen-bond donors (Lipinski definition) is 1. The van der Waals surface area contributed by atoms with Crippen LogP contribution in [0.2, 0.25) is 0 Å². The highest BCUT2D eigenvalue weighted by Gasteiger charge is 2.00. The molecular weight excluding hydrogens is 140 g/mol. The van der Waals surface area contributed by atoms with E-state index in [0.29, 0.717) is 13.1 Å². The third kappa shape index (κ3) is 5.84. The SMILES string of the molecule is CCCCN(CC#N)CCO. The lowest BCUT2D eigenvalue weighted by Gasteiger charge is -2.16. The molecule has 0 bridgehead atoms. The predicted molar refractivity (Wildman–Crippen MR) is 44.0 cm³/mol. The van der Waals surface area contributed by atoms with Gasteiger partial charge in [0, 0.05) is 6.54 Å². The topological polar surface area (TPSA) is 47.3 Å². The average molecular weight is 156 g/mol. The van der Waals surface area contributed by atoms with E-state index in [1.54, 1.807) is 0 Å². The van der Waals surface area contributed by atoms with Gasteiger partial charge in [-0.05, 0) is 13.0 Å². The summed E-state index contributed by atoms with van der Waals surface area (Å²) in [5, 5.41) is 17.0. The molecule has 0 fully saturated rings. The van der Waals surface area contributed by atoms with E-state index in [1.165, 1.54) is 0 Å². The molecule has 0 aromatic carbocycles. The second-order valence-corrected chi connectivity index (χ2v) is 2.51. The summed E-state index contributed by atoms with van der Waals surface area (Å²) in [7, 11) is 0. The van der Waals surface area contributed by atoms with Crippen LogP contribution in [0.15, 0.2) is 0 Å². The smallest absolute Gasteiger partial charge is 0.0866 e. The lowest BCUT2D eigenvalue weighted by Crippen LogP contribution is -2.28. The van der Waals surface area contributed by atoms with Gasteiger partial charge in [0.2, 0.25) is 0 Å². The maximum atomic E-state index is 8.61. The van der Waals surface area contributed by atoms with Crippen LogP contribution in [0.1, 0.15) is 19.8 Å². The molecule has 0 heterocycles. The van der Waals surface area contributed by atoms with E-state index in [0.717, 1.165) is 19.4 Å². The summed E-state index contributed by atoms with van der Waals surface area (Å²) < 4.78 is 0. The number of rotatable bonds is 6. The van der Waals surface area contributed by atoms with Crippen LogP contribution in [0.3, 0.4) is 0 Å². The fourth-order valence-corrected chi connectivity index (χ4v) is 0.893. The summed E-state index contributed by atoms with van der Waals surface area (Å²) in [6, 6.07) is 2.08. The lowest BCUT2D eigenvalue weighted by molar-refractivity contribution is 0.208. The van der Waals surface area contributed by atoms with Gasteiger partial charge in [-0.2, -0.15) is 5.26 Å². The van der Waals surface area contributed by atoms with Crippen LogP contribution < -0.4 is 0 Å². The summed E-state index contributed by atoms with van der Waals surface area (Å²) in [5.74, 6) is 0. The molecule has 0 amide bonds. The van der Waals surface area contributed by atoms with Crippen molar-refractivity contribution in [3.8, 4) is 6.07 Å². The summed E-state index contributed by atoms with van der Waals surface area (Å²) in [6.07, 6.45) is 2.23. The van der Waals surface area contributed by atoms with Gasteiger partial charge in [0.25, 0.3) is 0 Å². The van der Waals surface area contributed by atoms with Gasteiger partial charge >= 0.3 is 0 Å². The molecule has 0 aliphatic carbocycles. The molecule has 0 atom stereocenters. The van der Waals surface area contributed by atoms with Crippen molar-refractivity contribution in [2.75, 3.05) is 26.2 Å². The van der Waals surface area contributed by atoms with Gasteiger partial charge in [0.15, 0.2) is 0 Å². The molecule has 11 heavy (non-hydrogen) atoms. The zero-order valence-corrected chi connectivity index (χ0v) is 7.08. The first-order valence-corrected chi connectivity index (χ1v) is 4.05. The molecule has 0 saturated heterocycles. The highest BCUT2D eigenvalue weighted by Crippen LogP contribution is 1.92. The van der Waals surface area contributed by atoms with Gasteiger partial charge in [-0.25, -0.2) is 0 Å². The molecule has 0 aromatic heterocycles. The number of nitrogens with zero attached hydrogens (tertiary/aromatic N) is 2. The third-order valence-corrected chi connectivity index (χ3v) is 1.54. The van der Waals surface area contributed by atoms with Gasteiger partial charge in [-0.1, -0.05) is 13.3 Å². The average Bonchev–Trinajstić information content (AvgIpc) is 2.01. The van der Waals surface area contributed by atoms with Crippen LogP contribution in [-0.4, -0.2) is 36.2 Å². The summed E-state index contributed by atoms with van der Waals surface area (Å²) >= 11 is 0. The number of hydrogen-bond acceptors (Lipinski definition) is 3. The largest absolute Gasteiger partial charge is 0.395 e. The first kappa shape index (κ1) is 10.4. The number of aliphatic hydroxyl groups is 1. The molecule has 0 radical (unpaired) electrons. The van der Waals surface area contributed by atoms with E-state index in [9.17, 15) is 0 Å². The van der Waals surface area contributed by atoms with Gasteiger partial charge in [-0.15, -0.1) is 0 Å². The molecule has 3 heteroatoms. The van der Waals surface area contributed by atoms with Crippen molar-refractivity contribution in [2.45, 2.75) is 19.8 Å². The molecule has 0 unspecified atom stereocenters. The third-order valence-electron chi connectivity index (χ3n) is 1.54. The monoisotopic (exact) mass is 156 g/mol. The Kier molecular flexibility index (Phi) is 7.11. The van der Waals surface area contributed by atoms with Crippen molar-refractivity contribution in [1.29, 1.82) is 5.26 Å². The minimum atomic E-state index is 0.144. The molecule has 0 aliphatic rings. The van der Waals surface area contributed by atoms with Gasteiger partial charge in [-0.3, -0.25) is 4.90 Å². The van der Waals surface area contributed by atoms with E-state index < -0.39 is 0 Å². The number of nitriles is 1. The van der Waals surface area contributed by atoms with Gasteiger partial charge in [0.1, 0.15) is 0 Å². The van der Waals surface area contributed by atoms with E-state index in [-0.39, 0.29) is 6.61 Å². The minimum Gasteiger partial charge on any atom is -0.395 e. The maximum Gasteiger partial charge on any atom is 0.0866 e. The molecule has 0 aromatic rings. The number of aliphatic hydroxyl groups excluding tert-OH is 1. The molecule has 0 spiro atoms. The molecule has 1 N–H and O–H groups in total. The van der Waals surface area contributed by atoms with Crippen molar-refractivity contribution in [3.63, 3.8) is 0 Å². The Bertz CT molecular complexity index is 120. The summed E-state index contributed by atoms with van der Waals surface area (Å²) in [4.78, 5) is 1.96. The second-order valence-electron chi connectivity index (χ2n) is 2.51. The zero-order valence-electron chi connectivity index (χ0n) is 7.08. The molecule has 3 nitrogen and oxygen atoms in total. The van der Waals surface area contributed by atoms with Gasteiger partial charge < -0.3 is 5.11 Å². The van der Waals surface area contributed by atoms with Crippen LogP contribution >= 0.6 is 0 Å². The Labute approximate surface area is 68.2 Å². The quantitative estimate of drug-likeness (QED) is 0.573. The van der Waals surface area contributed by atoms with Crippen molar-refractivity contribution in [3.05, 3.63) is 0 Å². The van der Waals surface area contributed by atoms with Gasteiger partial charge in [0.05, 0.1) is 19.2 Å². The first-order chi connectivity index (χ1) is 5.35. The van der Waals surface area contributed by atoms with Crippen molar-refractivity contribution < 1.29 is 5.11 Å². The van der Waals surface area contributed by atoms with Crippen LogP contribution in [0.5, 0.6) is 0 Å². The zero-order chi connectivity index (χ0) is 8.53. The molecule has 0 aliphatic heterocycles. The van der Waals surface area contributed by atoms with E-state index in [1.807, 2.05) is 4.90 Å². The van der Waals surface area contributed by atoms with Crippen LogP contribution in [0.25, 0.3) is 0 Å². The molecule has 0 rings (SSSR count). The standard InChI is InChI=1S/C8H16N2O/c1-2-3-5-10(6-4-9)7-8-11/h11H,2-3,5-8H2,1H3. The second kappa shape index (κ2) is 7.52. The van der Waals surface area contributed by atoms with Crippen LogP contribution in [0, 0.1) is 11.3 Å². The first-order valence-electron chi connectivity index (χ1n) is 4.05. The normalized spacial score (nSPS) is 10.0. The Morgan fingerprint density at radius 2 is 2.18 bits per heavy atom. The predicted octanol–water partition coefficient (Wildman–Crippen LogP) is 0.604. The molecular formula is C8H16N2O. The van der Waals surface area contributed by atoms with Crippen molar-refractivity contribution in [2.24, 2.45) is 0 Å². The highest BCUT2D eigenvalue weighted by molar-refractivity contribution is 4.75. The summed E-state index contributed by atoms with van der Waals surface area (Å²) in [6.45, 7) is 4.23. The molecule has 64 valence electrons. The fourth-order valence-electron chi connectivity index (χ4n) is 0.893. The Balaban J connectivity index is 3.44. The van der Waals surface area contributed by atoms with Crippen LogP contribution in [-0.2, 0) is 0 Å². The number of unbranched alkanes of at least 4 members (excludes halogenated alkanes) is 1. The maximum absolute atomic E-state index is 8.61. The highest BCUT2D eigenvalue weighted by atomic mass is 16.3. The van der Waals surface area contributed by atoms with Crippen molar-refractivity contribution in [1.82, 2.24) is 4.90 Å². The fraction of sp³-hybridized carbons (Fsp3) is 0.875. The lowest BCUT2D eigenvalue weighted by atomic mass is 10.3. The Morgan fingerprint density at radius 1 is 1.45 bits per heavy atom. The molecule has 0 saturated carbocycles. The van der Waals surface area contributed by atoms with E-state index in [2.05, 4.69) is 13.0 Å². The van der Waals surface area contributed by atoms with E-state index in [4.69, 9.17) is 10.4 Å². The van der Waals surface area contributed by atoms with E-state index >= 15 is 0 Å².